The van der Waals surface area contributed by atoms with Crippen LogP contribution in [0.5, 0.6) is 0 Å². The molecule has 5 nitrogen and oxygen atoms in total. The Kier molecular flexibility index (Phi) is 5.09. The molecule has 0 radical (unpaired) electrons. The van der Waals surface area contributed by atoms with E-state index in [0.29, 0.717) is 19.6 Å². The molecule has 1 aliphatic rings. The highest BCUT2D eigenvalue weighted by Crippen LogP contribution is 2.50. The summed E-state index contributed by atoms with van der Waals surface area (Å²) in [5.41, 5.74) is 2.15. The van der Waals surface area contributed by atoms with Gasteiger partial charge in [0.2, 0.25) is 0 Å². The zero-order valence-electron chi connectivity index (χ0n) is 13.8. The summed E-state index contributed by atoms with van der Waals surface area (Å²) in [4.78, 5) is 11.4. The normalized spacial score (nSPS) is 15.6. The highest BCUT2D eigenvalue weighted by molar-refractivity contribution is 6.31. The van der Waals surface area contributed by atoms with Crippen molar-refractivity contribution in [2.75, 3.05) is 18.5 Å². The second-order valence-electron chi connectivity index (χ2n) is 6.06. The van der Waals surface area contributed by atoms with Crippen LogP contribution in [0, 0.1) is 0 Å². The lowest BCUT2D eigenvalue weighted by atomic mass is 9.62. The maximum Gasteiger partial charge on any atom is 0.307 e. The van der Waals surface area contributed by atoms with Crippen molar-refractivity contribution in [1.29, 1.82) is 0 Å². The monoisotopic (exact) mass is 347 g/mol. The molecule has 1 aliphatic carbocycles. The lowest BCUT2D eigenvalue weighted by Crippen LogP contribution is -2.36. The minimum absolute atomic E-state index is 0.0770. The van der Waals surface area contributed by atoms with Gasteiger partial charge in [0.25, 0.3) is 0 Å². The number of aromatic amines is 1. The van der Waals surface area contributed by atoms with Crippen molar-refractivity contribution in [3.63, 3.8) is 0 Å². The number of esters is 1. The quantitative estimate of drug-likeness (QED) is 0.745. The summed E-state index contributed by atoms with van der Waals surface area (Å²) in [6.07, 6.45) is 3.62. The number of ether oxygens (including phenoxy) is 1. The molecule has 0 spiro atoms. The summed E-state index contributed by atoms with van der Waals surface area (Å²) in [7, 11) is 0. The molecule has 6 heteroatoms. The minimum Gasteiger partial charge on any atom is -0.466 e. The van der Waals surface area contributed by atoms with Crippen molar-refractivity contribution >= 4 is 23.4 Å². The van der Waals surface area contributed by atoms with Gasteiger partial charge in [-0.25, -0.2) is 0 Å². The van der Waals surface area contributed by atoms with Gasteiger partial charge in [0.05, 0.1) is 13.0 Å². The van der Waals surface area contributed by atoms with E-state index in [1.54, 1.807) is 6.92 Å². The first-order chi connectivity index (χ1) is 11.7. The van der Waals surface area contributed by atoms with E-state index < -0.39 is 0 Å². The molecule has 1 fully saturated rings. The second kappa shape index (κ2) is 7.26. The first kappa shape index (κ1) is 16.8. The Labute approximate surface area is 146 Å². The topological polar surface area (TPSA) is 67.0 Å². The molecule has 0 bridgehead atoms. The first-order valence-electron chi connectivity index (χ1n) is 8.36. The molecule has 3 rings (SSSR count). The number of benzene rings is 1. The fourth-order valence-electron chi connectivity index (χ4n) is 3.25. The molecule has 2 aromatic rings. The molecule has 1 saturated carbocycles. The Morgan fingerprint density at radius 2 is 2.21 bits per heavy atom. The van der Waals surface area contributed by atoms with Crippen LogP contribution in [0.4, 0.5) is 5.82 Å². The van der Waals surface area contributed by atoms with Crippen LogP contribution in [-0.4, -0.2) is 29.3 Å². The third-order valence-corrected chi connectivity index (χ3v) is 4.96. The fourth-order valence-corrected chi connectivity index (χ4v) is 3.56. The number of nitrogens with zero attached hydrogens (tertiary/aromatic N) is 1. The van der Waals surface area contributed by atoms with Crippen molar-refractivity contribution in [3.05, 3.63) is 46.6 Å². The molecule has 128 valence electrons. The molecule has 0 aliphatic heterocycles. The van der Waals surface area contributed by atoms with Crippen molar-refractivity contribution in [3.8, 4) is 0 Å². The van der Waals surface area contributed by atoms with Gasteiger partial charge in [0.15, 0.2) is 0 Å². The Morgan fingerprint density at radius 3 is 2.88 bits per heavy atom. The van der Waals surface area contributed by atoms with Crippen LogP contribution in [0.25, 0.3) is 0 Å². The molecular formula is C18H22ClN3O2. The molecule has 2 N–H and O–H groups in total. The average molecular weight is 348 g/mol. The summed E-state index contributed by atoms with van der Waals surface area (Å²) in [6, 6.07) is 10.0. The summed E-state index contributed by atoms with van der Waals surface area (Å²) < 4.78 is 4.91. The average Bonchev–Trinajstić information content (AvgIpc) is 2.97. The van der Waals surface area contributed by atoms with Gasteiger partial charge < -0.3 is 10.1 Å². The van der Waals surface area contributed by atoms with E-state index in [2.05, 4.69) is 21.6 Å². The van der Waals surface area contributed by atoms with Crippen LogP contribution in [0.1, 0.15) is 43.9 Å². The summed E-state index contributed by atoms with van der Waals surface area (Å²) in [5.74, 6) is 0.542. The van der Waals surface area contributed by atoms with Crippen LogP contribution in [0.2, 0.25) is 5.02 Å². The number of carbonyl (C=O) groups excluding carboxylic acids is 1. The van der Waals surface area contributed by atoms with Gasteiger partial charge in [-0.2, -0.15) is 5.10 Å². The molecule has 0 saturated heterocycles. The highest BCUT2D eigenvalue weighted by Gasteiger charge is 2.43. The van der Waals surface area contributed by atoms with Crippen LogP contribution < -0.4 is 5.32 Å². The molecule has 1 heterocycles. The molecule has 0 atom stereocenters. The SMILES string of the molecule is CCOC(=O)CCNc1cc(C2(c3ccccc3Cl)CCC2)[nH]n1. The maximum atomic E-state index is 11.4. The first-order valence-corrected chi connectivity index (χ1v) is 8.74. The van der Waals surface area contributed by atoms with E-state index >= 15 is 0 Å². The van der Waals surface area contributed by atoms with Crippen LogP contribution in [-0.2, 0) is 14.9 Å². The maximum absolute atomic E-state index is 11.4. The number of halogens is 1. The summed E-state index contributed by atoms with van der Waals surface area (Å²) >= 11 is 6.42. The van der Waals surface area contributed by atoms with Gasteiger partial charge in [-0.05, 0) is 31.4 Å². The predicted molar refractivity (Wildman–Crippen MR) is 94.4 cm³/mol. The van der Waals surface area contributed by atoms with Crippen LogP contribution in [0.15, 0.2) is 30.3 Å². The molecular weight excluding hydrogens is 326 g/mol. The van der Waals surface area contributed by atoms with Gasteiger partial charge in [-0.15, -0.1) is 0 Å². The number of carbonyl (C=O) groups is 1. The number of hydrogen-bond acceptors (Lipinski definition) is 4. The molecule has 0 amide bonds. The lowest BCUT2D eigenvalue weighted by molar-refractivity contribution is -0.142. The van der Waals surface area contributed by atoms with Crippen LogP contribution >= 0.6 is 11.6 Å². The van der Waals surface area contributed by atoms with Crippen molar-refractivity contribution in [2.24, 2.45) is 0 Å². The van der Waals surface area contributed by atoms with Gasteiger partial charge >= 0.3 is 5.97 Å². The van der Waals surface area contributed by atoms with E-state index in [4.69, 9.17) is 16.3 Å². The van der Waals surface area contributed by atoms with Crippen molar-refractivity contribution in [2.45, 2.75) is 38.0 Å². The second-order valence-corrected chi connectivity index (χ2v) is 6.47. The van der Waals surface area contributed by atoms with Gasteiger partial charge in [-0.3, -0.25) is 9.89 Å². The van der Waals surface area contributed by atoms with Crippen molar-refractivity contribution < 1.29 is 9.53 Å². The standard InChI is InChI=1S/C18H22ClN3O2/c1-2-24-17(23)8-11-20-16-12-15(21-22-16)18(9-5-10-18)13-6-3-4-7-14(13)19/h3-4,6-7,12H,2,5,8-11H2,1H3,(H2,20,21,22). The highest BCUT2D eigenvalue weighted by atomic mass is 35.5. The Hall–Kier alpha value is -2.01. The Bertz CT molecular complexity index is 710. The number of H-pyrrole nitrogens is 1. The number of aromatic nitrogens is 2. The van der Waals surface area contributed by atoms with Gasteiger partial charge in [0, 0.05) is 28.7 Å². The Balaban J connectivity index is 1.70. The molecule has 1 aromatic carbocycles. The van der Waals surface area contributed by atoms with E-state index in [-0.39, 0.29) is 11.4 Å². The van der Waals surface area contributed by atoms with Crippen molar-refractivity contribution in [1.82, 2.24) is 10.2 Å². The van der Waals surface area contributed by atoms with Gasteiger partial charge in [-0.1, -0.05) is 36.2 Å². The van der Waals surface area contributed by atoms with E-state index in [1.165, 1.54) is 6.42 Å². The number of nitrogens with one attached hydrogen (secondary N) is 2. The van der Waals surface area contributed by atoms with Gasteiger partial charge in [0.1, 0.15) is 5.82 Å². The smallest absolute Gasteiger partial charge is 0.307 e. The van der Waals surface area contributed by atoms with E-state index in [1.807, 2.05) is 24.3 Å². The zero-order valence-corrected chi connectivity index (χ0v) is 14.5. The van der Waals surface area contributed by atoms with E-state index in [0.717, 1.165) is 34.9 Å². The minimum atomic E-state index is -0.202. The zero-order chi connectivity index (χ0) is 17.0. The number of rotatable bonds is 7. The molecule has 0 unspecified atom stereocenters. The lowest BCUT2D eigenvalue weighted by Gasteiger charge is -2.42. The third kappa shape index (κ3) is 3.26. The Morgan fingerprint density at radius 1 is 1.42 bits per heavy atom. The third-order valence-electron chi connectivity index (χ3n) is 4.63. The molecule has 1 aromatic heterocycles. The number of anilines is 1. The van der Waals surface area contributed by atoms with Crippen LogP contribution in [0.3, 0.4) is 0 Å². The molecule has 24 heavy (non-hydrogen) atoms. The summed E-state index contributed by atoms with van der Waals surface area (Å²) in [6.45, 7) is 2.71. The number of hydrogen-bond donors (Lipinski definition) is 2. The predicted octanol–water partition coefficient (Wildman–Crippen LogP) is 3.90. The fraction of sp³-hybridized carbons (Fsp3) is 0.444. The largest absolute Gasteiger partial charge is 0.466 e. The summed E-state index contributed by atoms with van der Waals surface area (Å²) in [5, 5.41) is 11.4. The van der Waals surface area contributed by atoms with E-state index in [9.17, 15) is 4.79 Å².